The molecule has 3 nitrogen and oxygen atoms in total. The van der Waals surface area contributed by atoms with E-state index in [-0.39, 0.29) is 0 Å². The zero-order valence-electron chi connectivity index (χ0n) is 14.3. The van der Waals surface area contributed by atoms with Crippen molar-refractivity contribution in [2.75, 3.05) is 0 Å². The normalized spacial score (nSPS) is 19.3. The molecule has 0 aliphatic heterocycles. The first kappa shape index (κ1) is 16.6. The molecular formula is C18H31NO2. The molecule has 1 aromatic rings. The molecule has 1 saturated carbocycles. The van der Waals surface area contributed by atoms with Crippen molar-refractivity contribution in [3.8, 4) is 0 Å². The molecule has 2 rings (SSSR count). The number of aryl methyl sites for hydroxylation is 1. The summed E-state index contributed by atoms with van der Waals surface area (Å²) in [5.41, 5.74) is 1.71. The molecular weight excluding hydrogens is 262 g/mol. The van der Waals surface area contributed by atoms with E-state index >= 15 is 0 Å². The van der Waals surface area contributed by atoms with Gasteiger partial charge in [-0.05, 0) is 49.7 Å². The Balaban J connectivity index is 1.80. The van der Waals surface area contributed by atoms with Crippen LogP contribution in [0.2, 0.25) is 0 Å². The van der Waals surface area contributed by atoms with Gasteiger partial charge in [0.25, 0.3) is 0 Å². The Hall–Kier alpha value is -0.800. The summed E-state index contributed by atoms with van der Waals surface area (Å²) in [5, 5.41) is 3.40. The standard InChI is InChI=1S/C18H31NO2/c1-13(2)19-11-17-14(3)10-16(21-17)12-20-15-6-8-18(4,5)9-7-15/h10,13,15,19H,6-9,11-12H2,1-5H3. The molecule has 1 aromatic heterocycles. The maximum absolute atomic E-state index is 6.04. The van der Waals surface area contributed by atoms with Crippen molar-refractivity contribution < 1.29 is 9.15 Å². The van der Waals surface area contributed by atoms with Crippen LogP contribution in [0.5, 0.6) is 0 Å². The Bertz CT molecular complexity index is 438. The lowest BCUT2D eigenvalue weighted by Crippen LogP contribution is -2.26. The predicted molar refractivity (Wildman–Crippen MR) is 86.2 cm³/mol. The highest BCUT2D eigenvalue weighted by molar-refractivity contribution is 5.19. The van der Waals surface area contributed by atoms with Gasteiger partial charge in [-0.3, -0.25) is 0 Å². The van der Waals surface area contributed by atoms with E-state index in [1.807, 2.05) is 0 Å². The molecule has 0 atom stereocenters. The van der Waals surface area contributed by atoms with E-state index in [1.54, 1.807) is 0 Å². The van der Waals surface area contributed by atoms with Crippen molar-refractivity contribution in [1.29, 1.82) is 0 Å². The quantitative estimate of drug-likeness (QED) is 0.834. The number of furan rings is 1. The average molecular weight is 293 g/mol. The number of rotatable bonds is 6. The van der Waals surface area contributed by atoms with Gasteiger partial charge in [0, 0.05) is 6.04 Å². The van der Waals surface area contributed by atoms with Crippen LogP contribution < -0.4 is 5.32 Å². The second-order valence-corrected chi connectivity index (χ2v) is 7.53. The molecule has 1 aliphatic rings. The van der Waals surface area contributed by atoms with Crippen molar-refractivity contribution in [3.63, 3.8) is 0 Å². The molecule has 0 saturated heterocycles. The largest absolute Gasteiger partial charge is 0.462 e. The van der Waals surface area contributed by atoms with Gasteiger partial charge in [-0.15, -0.1) is 0 Å². The molecule has 1 fully saturated rings. The molecule has 0 unspecified atom stereocenters. The summed E-state index contributed by atoms with van der Waals surface area (Å²) in [5.74, 6) is 1.99. The van der Waals surface area contributed by atoms with Crippen LogP contribution >= 0.6 is 0 Å². The summed E-state index contributed by atoms with van der Waals surface area (Å²) in [6.07, 6.45) is 5.28. The Kier molecular flexibility index (Phi) is 5.50. The van der Waals surface area contributed by atoms with Gasteiger partial charge in [-0.2, -0.15) is 0 Å². The molecule has 120 valence electrons. The van der Waals surface area contributed by atoms with E-state index in [2.05, 4.69) is 46.0 Å². The smallest absolute Gasteiger partial charge is 0.130 e. The van der Waals surface area contributed by atoms with E-state index in [1.165, 1.54) is 31.2 Å². The highest BCUT2D eigenvalue weighted by atomic mass is 16.5. The van der Waals surface area contributed by atoms with Gasteiger partial charge in [0.15, 0.2) is 0 Å². The Morgan fingerprint density at radius 3 is 2.62 bits per heavy atom. The average Bonchev–Trinajstić information content (AvgIpc) is 2.76. The van der Waals surface area contributed by atoms with Gasteiger partial charge >= 0.3 is 0 Å². The topological polar surface area (TPSA) is 34.4 Å². The fourth-order valence-corrected chi connectivity index (χ4v) is 2.87. The lowest BCUT2D eigenvalue weighted by Gasteiger charge is -2.34. The molecule has 1 aliphatic carbocycles. The minimum Gasteiger partial charge on any atom is -0.462 e. The number of nitrogens with one attached hydrogen (secondary N) is 1. The summed E-state index contributed by atoms with van der Waals surface area (Å²) >= 11 is 0. The van der Waals surface area contributed by atoms with Crippen LogP contribution in [0.3, 0.4) is 0 Å². The van der Waals surface area contributed by atoms with Gasteiger partial charge in [-0.1, -0.05) is 27.7 Å². The third kappa shape index (κ3) is 5.15. The molecule has 0 spiro atoms. The first-order valence-electron chi connectivity index (χ1n) is 8.29. The predicted octanol–water partition coefficient (Wildman–Crippen LogP) is 4.57. The summed E-state index contributed by atoms with van der Waals surface area (Å²) in [7, 11) is 0. The highest BCUT2D eigenvalue weighted by Gasteiger charge is 2.27. The van der Waals surface area contributed by atoms with Gasteiger partial charge in [-0.25, -0.2) is 0 Å². The molecule has 0 aromatic carbocycles. The lowest BCUT2D eigenvalue weighted by atomic mass is 9.76. The van der Waals surface area contributed by atoms with Gasteiger partial charge in [0.1, 0.15) is 18.1 Å². The van der Waals surface area contributed by atoms with Gasteiger partial charge in [0.05, 0.1) is 12.6 Å². The zero-order valence-corrected chi connectivity index (χ0v) is 14.3. The highest BCUT2D eigenvalue weighted by Crippen LogP contribution is 2.36. The molecule has 0 radical (unpaired) electrons. The van der Waals surface area contributed by atoms with Crippen molar-refractivity contribution in [2.24, 2.45) is 5.41 Å². The van der Waals surface area contributed by atoms with Crippen LogP contribution in [0.1, 0.15) is 70.5 Å². The van der Waals surface area contributed by atoms with Gasteiger partial charge in [0.2, 0.25) is 0 Å². The summed E-state index contributed by atoms with van der Waals surface area (Å²) in [6, 6.07) is 2.59. The van der Waals surface area contributed by atoms with Crippen LogP contribution in [0.4, 0.5) is 0 Å². The third-order valence-electron chi connectivity index (χ3n) is 4.49. The van der Waals surface area contributed by atoms with Crippen LogP contribution in [0, 0.1) is 12.3 Å². The van der Waals surface area contributed by atoms with E-state index in [9.17, 15) is 0 Å². The number of ether oxygens (including phenoxy) is 1. The van der Waals surface area contributed by atoms with Crippen LogP contribution in [-0.4, -0.2) is 12.1 Å². The maximum Gasteiger partial charge on any atom is 0.130 e. The zero-order chi connectivity index (χ0) is 15.5. The fourth-order valence-electron chi connectivity index (χ4n) is 2.87. The SMILES string of the molecule is Cc1cc(COC2CCC(C)(C)CC2)oc1CNC(C)C. The van der Waals surface area contributed by atoms with E-state index < -0.39 is 0 Å². The van der Waals surface area contributed by atoms with Crippen LogP contribution in [-0.2, 0) is 17.9 Å². The fraction of sp³-hybridized carbons (Fsp3) is 0.778. The first-order chi connectivity index (χ1) is 9.85. The molecule has 1 N–H and O–H groups in total. The third-order valence-corrected chi connectivity index (χ3v) is 4.49. The lowest BCUT2D eigenvalue weighted by molar-refractivity contribution is -0.0123. The van der Waals surface area contributed by atoms with Crippen LogP contribution in [0.15, 0.2) is 10.5 Å². The summed E-state index contributed by atoms with van der Waals surface area (Å²) in [6.45, 7) is 12.5. The molecule has 0 bridgehead atoms. The van der Waals surface area contributed by atoms with E-state index in [0.29, 0.717) is 24.2 Å². The number of hydrogen-bond donors (Lipinski definition) is 1. The van der Waals surface area contributed by atoms with Gasteiger partial charge < -0.3 is 14.5 Å². The molecule has 3 heteroatoms. The first-order valence-corrected chi connectivity index (χ1v) is 8.29. The maximum atomic E-state index is 6.04. The monoisotopic (exact) mass is 293 g/mol. The minimum atomic E-state index is 0.403. The van der Waals surface area contributed by atoms with Crippen molar-refractivity contribution >= 4 is 0 Å². The van der Waals surface area contributed by atoms with Crippen molar-refractivity contribution in [2.45, 2.75) is 85.6 Å². The molecule has 21 heavy (non-hydrogen) atoms. The molecule has 1 heterocycles. The van der Waals surface area contributed by atoms with E-state index in [4.69, 9.17) is 9.15 Å². The Labute approximate surface area is 129 Å². The van der Waals surface area contributed by atoms with Crippen LogP contribution in [0.25, 0.3) is 0 Å². The van der Waals surface area contributed by atoms with E-state index in [0.717, 1.165) is 18.1 Å². The summed E-state index contributed by atoms with van der Waals surface area (Å²) in [4.78, 5) is 0. The second kappa shape index (κ2) is 6.97. The Morgan fingerprint density at radius 1 is 1.33 bits per heavy atom. The van der Waals surface area contributed by atoms with Crippen molar-refractivity contribution in [3.05, 3.63) is 23.2 Å². The molecule has 0 amide bonds. The minimum absolute atomic E-state index is 0.403. The van der Waals surface area contributed by atoms with Crippen molar-refractivity contribution in [1.82, 2.24) is 5.32 Å². The Morgan fingerprint density at radius 2 is 2.00 bits per heavy atom. The second-order valence-electron chi connectivity index (χ2n) is 7.53. The summed E-state index contributed by atoms with van der Waals surface area (Å²) < 4.78 is 12.0. The number of hydrogen-bond acceptors (Lipinski definition) is 3.